The largest absolute Gasteiger partial charge is 0.351 e. The first kappa shape index (κ1) is 12.7. The fourth-order valence-corrected chi connectivity index (χ4v) is 1.54. The third-order valence-corrected chi connectivity index (χ3v) is 2.51. The first-order valence-corrected chi connectivity index (χ1v) is 5.67. The van der Waals surface area contributed by atoms with Crippen molar-refractivity contribution in [3.8, 4) is 0 Å². The Kier molecular flexibility index (Phi) is 4.99. The first-order valence-electron chi connectivity index (χ1n) is 5.67. The number of hydrogen-bond donors (Lipinski definition) is 2. The van der Waals surface area contributed by atoms with Crippen LogP contribution < -0.4 is 10.6 Å². The number of carbonyl (C=O) groups is 1. The van der Waals surface area contributed by atoms with Gasteiger partial charge in [-0.1, -0.05) is 30.7 Å². The van der Waals surface area contributed by atoms with E-state index < -0.39 is 0 Å². The van der Waals surface area contributed by atoms with E-state index in [9.17, 15) is 4.79 Å². The van der Waals surface area contributed by atoms with Crippen molar-refractivity contribution in [3.63, 3.8) is 0 Å². The van der Waals surface area contributed by atoms with Gasteiger partial charge in [0.25, 0.3) is 0 Å². The zero-order chi connectivity index (χ0) is 12.0. The molecule has 0 fully saturated rings. The van der Waals surface area contributed by atoms with E-state index in [0.29, 0.717) is 13.1 Å². The predicted octanol–water partition coefficient (Wildman–Crippen LogP) is 1.53. The lowest BCUT2D eigenvalue weighted by molar-refractivity contribution is -0.120. The number of carbonyl (C=O) groups excluding carboxylic acids is 1. The minimum absolute atomic E-state index is 0.0434. The Labute approximate surface area is 97.2 Å². The van der Waals surface area contributed by atoms with Crippen LogP contribution in [0.4, 0.5) is 0 Å². The lowest BCUT2D eigenvalue weighted by atomic mass is 10.1. The molecule has 1 aromatic rings. The predicted molar refractivity (Wildman–Crippen MR) is 66.3 cm³/mol. The molecule has 0 saturated heterocycles. The van der Waals surface area contributed by atoms with Gasteiger partial charge in [-0.15, -0.1) is 0 Å². The van der Waals surface area contributed by atoms with Gasteiger partial charge in [-0.25, -0.2) is 0 Å². The smallest absolute Gasteiger partial charge is 0.234 e. The van der Waals surface area contributed by atoms with Crippen molar-refractivity contribution in [1.82, 2.24) is 10.6 Å². The fraction of sp³-hybridized carbons (Fsp3) is 0.462. The minimum atomic E-state index is 0.0434. The zero-order valence-electron chi connectivity index (χ0n) is 10.3. The highest BCUT2D eigenvalue weighted by Gasteiger charge is 2.02. The van der Waals surface area contributed by atoms with Crippen LogP contribution in [0.2, 0.25) is 0 Å². The van der Waals surface area contributed by atoms with E-state index in [4.69, 9.17) is 0 Å². The summed E-state index contributed by atoms with van der Waals surface area (Å²) in [5.74, 6) is 0.0434. The van der Waals surface area contributed by atoms with Gasteiger partial charge in [0, 0.05) is 6.54 Å². The lowest BCUT2D eigenvalue weighted by Crippen LogP contribution is -2.33. The average molecular weight is 220 g/mol. The molecular weight excluding hydrogens is 200 g/mol. The van der Waals surface area contributed by atoms with Crippen molar-refractivity contribution < 1.29 is 4.79 Å². The molecule has 0 unspecified atom stereocenters. The Morgan fingerprint density at radius 2 is 2.06 bits per heavy atom. The van der Waals surface area contributed by atoms with E-state index in [1.165, 1.54) is 16.7 Å². The molecule has 0 saturated carbocycles. The second-order valence-corrected chi connectivity index (χ2v) is 3.99. The van der Waals surface area contributed by atoms with Crippen molar-refractivity contribution >= 4 is 5.91 Å². The van der Waals surface area contributed by atoms with E-state index in [1.807, 2.05) is 6.92 Å². The van der Waals surface area contributed by atoms with Crippen molar-refractivity contribution in [2.45, 2.75) is 27.3 Å². The minimum Gasteiger partial charge on any atom is -0.351 e. The van der Waals surface area contributed by atoms with Gasteiger partial charge in [0.05, 0.1) is 6.54 Å². The van der Waals surface area contributed by atoms with Crippen molar-refractivity contribution in [3.05, 3.63) is 34.9 Å². The number of nitrogens with one attached hydrogen (secondary N) is 2. The Hall–Kier alpha value is -1.35. The molecule has 0 aliphatic heterocycles. The van der Waals surface area contributed by atoms with E-state index in [1.54, 1.807) is 0 Å². The van der Waals surface area contributed by atoms with Crippen molar-refractivity contribution in [2.75, 3.05) is 13.1 Å². The van der Waals surface area contributed by atoms with Crippen LogP contribution in [0, 0.1) is 13.8 Å². The SMILES string of the molecule is CCNCC(=O)NCc1ccc(C)cc1C. The van der Waals surface area contributed by atoms with Gasteiger partial charge in [-0.05, 0) is 31.5 Å². The summed E-state index contributed by atoms with van der Waals surface area (Å²) in [6.07, 6.45) is 0. The number of rotatable bonds is 5. The van der Waals surface area contributed by atoms with Gasteiger partial charge >= 0.3 is 0 Å². The molecule has 3 nitrogen and oxygen atoms in total. The van der Waals surface area contributed by atoms with Crippen LogP contribution in [0.25, 0.3) is 0 Å². The van der Waals surface area contributed by atoms with Gasteiger partial charge in [-0.2, -0.15) is 0 Å². The van der Waals surface area contributed by atoms with Crippen molar-refractivity contribution in [2.24, 2.45) is 0 Å². The van der Waals surface area contributed by atoms with E-state index in [0.717, 1.165) is 6.54 Å². The molecule has 1 rings (SSSR count). The summed E-state index contributed by atoms with van der Waals surface area (Å²) in [5, 5.41) is 5.89. The molecule has 3 heteroatoms. The summed E-state index contributed by atoms with van der Waals surface area (Å²) in [5.41, 5.74) is 3.65. The number of amides is 1. The molecule has 1 amide bonds. The van der Waals surface area contributed by atoms with E-state index in [2.05, 4.69) is 42.7 Å². The molecular formula is C13H20N2O. The van der Waals surface area contributed by atoms with Gasteiger partial charge < -0.3 is 10.6 Å². The number of hydrogen-bond acceptors (Lipinski definition) is 2. The molecule has 0 aliphatic carbocycles. The normalized spacial score (nSPS) is 10.2. The molecule has 16 heavy (non-hydrogen) atoms. The molecule has 0 bridgehead atoms. The van der Waals surface area contributed by atoms with Crippen LogP contribution in [-0.4, -0.2) is 19.0 Å². The molecule has 0 spiro atoms. The van der Waals surface area contributed by atoms with Gasteiger partial charge in [0.15, 0.2) is 0 Å². The third-order valence-electron chi connectivity index (χ3n) is 2.51. The zero-order valence-corrected chi connectivity index (χ0v) is 10.3. The quantitative estimate of drug-likeness (QED) is 0.790. The molecule has 2 N–H and O–H groups in total. The number of likely N-dealkylation sites (N-methyl/N-ethyl adjacent to an activating group) is 1. The molecule has 88 valence electrons. The Morgan fingerprint density at radius 3 is 2.69 bits per heavy atom. The van der Waals surface area contributed by atoms with Gasteiger partial charge in [0.1, 0.15) is 0 Å². The molecule has 0 radical (unpaired) electrons. The van der Waals surface area contributed by atoms with Crippen molar-refractivity contribution in [1.29, 1.82) is 0 Å². The highest BCUT2D eigenvalue weighted by molar-refractivity contribution is 5.77. The Bertz CT molecular complexity index is 361. The van der Waals surface area contributed by atoms with Crippen LogP contribution in [0.5, 0.6) is 0 Å². The van der Waals surface area contributed by atoms with Crippen LogP contribution in [0.15, 0.2) is 18.2 Å². The summed E-state index contributed by atoms with van der Waals surface area (Å²) in [6.45, 7) is 7.94. The van der Waals surface area contributed by atoms with Crippen LogP contribution in [0.3, 0.4) is 0 Å². The van der Waals surface area contributed by atoms with Gasteiger partial charge in [-0.3, -0.25) is 4.79 Å². The monoisotopic (exact) mass is 220 g/mol. The summed E-state index contributed by atoms with van der Waals surface area (Å²) in [7, 11) is 0. The summed E-state index contributed by atoms with van der Waals surface area (Å²) in [4.78, 5) is 11.4. The first-order chi connectivity index (χ1) is 7.63. The highest BCUT2D eigenvalue weighted by atomic mass is 16.1. The highest BCUT2D eigenvalue weighted by Crippen LogP contribution is 2.09. The average Bonchev–Trinajstić information content (AvgIpc) is 2.25. The third kappa shape index (κ3) is 4.03. The molecule has 0 heterocycles. The summed E-state index contributed by atoms with van der Waals surface area (Å²) in [6, 6.07) is 6.27. The van der Waals surface area contributed by atoms with Crippen LogP contribution in [0.1, 0.15) is 23.6 Å². The molecule has 0 aliphatic rings. The van der Waals surface area contributed by atoms with E-state index >= 15 is 0 Å². The molecule has 0 aromatic heterocycles. The second kappa shape index (κ2) is 6.28. The topological polar surface area (TPSA) is 41.1 Å². The maximum absolute atomic E-state index is 11.4. The fourth-order valence-electron chi connectivity index (χ4n) is 1.54. The maximum atomic E-state index is 11.4. The standard InChI is InChI=1S/C13H20N2O/c1-4-14-9-13(16)15-8-12-6-5-10(2)7-11(12)3/h5-7,14H,4,8-9H2,1-3H3,(H,15,16). The second-order valence-electron chi connectivity index (χ2n) is 3.99. The maximum Gasteiger partial charge on any atom is 0.234 e. The molecule has 0 atom stereocenters. The number of aryl methyl sites for hydroxylation is 2. The molecule has 1 aromatic carbocycles. The van der Waals surface area contributed by atoms with E-state index in [-0.39, 0.29) is 5.91 Å². The lowest BCUT2D eigenvalue weighted by Gasteiger charge is -2.09. The number of benzene rings is 1. The van der Waals surface area contributed by atoms with Crippen LogP contribution >= 0.6 is 0 Å². The summed E-state index contributed by atoms with van der Waals surface area (Å²) < 4.78 is 0. The Morgan fingerprint density at radius 1 is 1.31 bits per heavy atom. The Balaban J connectivity index is 2.45. The summed E-state index contributed by atoms with van der Waals surface area (Å²) >= 11 is 0. The van der Waals surface area contributed by atoms with Crippen LogP contribution in [-0.2, 0) is 11.3 Å². The van der Waals surface area contributed by atoms with Gasteiger partial charge in [0.2, 0.25) is 5.91 Å².